The minimum Gasteiger partial charge on any atom is -0.305 e. The molecule has 1 fully saturated rings. The third-order valence-electron chi connectivity index (χ3n) is 3.99. The molecule has 0 saturated carbocycles. The van der Waals surface area contributed by atoms with E-state index in [1.165, 1.54) is 12.5 Å². The number of likely N-dealkylation sites (N-methyl/N-ethyl adjacent to an activating group) is 2. The number of likely N-dealkylation sites (tertiary alicyclic amines) is 1. The molecule has 1 aliphatic rings. The maximum absolute atomic E-state index is 13.5. The normalized spacial score (nSPS) is 20.3. The number of Topliss-reactive ketones (excluding diaryl/α,β-unsaturated/α-hetero) is 1. The Balaban J connectivity index is 1.86. The van der Waals surface area contributed by atoms with E-state index in [9.17, 15) is 9.18 Å². The second-order valence-electron chi connectivity index (χ2n) is 5.78. The van der Waals surface area contributed by atoms with Crippen LogP contribution < -0.4 is 0 Å². The molecule has 1 unspecified atom stereocenters. The lowest BCUT2D eigenvalue weighted by Gasteiger charge is -2.35. The van der Waals surface area contributed by atoms with Gasteiger partial charge in [0, 0.05) is 19.0 Å². The van der Waals surface area contributed by atoms with Gasteiger partial charge in [0.25, 0.3) is 0 Å². The number of halogens is 1. The average molecular weight is 278 g/mol. The number of piperidine rings is 1. The van der Waals surface area contributed by atoms with Crippen molar-refractivity contribution >= 4 is 5.78 Å². The van der Waals surface area contributed by atoms with Crippen molar-refractivity contribution in [2.75, 3.05) is 33.7 Å². The summed E-state index contributed by atoms with van der Waals surface area (Å²) in [5.41, 5.74) is 0.492. The molecule has 1 aliphatic heterocycles. The Labute approximate surface area is 120 Å². The highest BCUT2D eigenvalue weighted by atomic mass is 19.1. The van der Waals surface area contributed by atoms with Crippen LogP contribution in [0.15, 0.2) is 24.3 Å². The van der Waals surface area contributed by atoms with Crippen molar-refractivity contribution < 1.29 is 9.18 Å². The second kappa shape index (κ2) is 6.95. The van der Waals surface area contributed by atoms with Crippen LogP contribution in [0, 0.1) is 5.82 Å². The summed E-state index contributed by atoms with van der Waals surface area (Å²) < 4.78 is 13.5. The quantitative estimate of drug-likeness (QED) is 0.822. The van der Waals surface area contributed by atoms with Gasteiger partial charge in [-0.2, -0.15) is 0 Å². The summed E-state index contributed by atoms with van der Waals surface area (Å²) in [5, 5.41) is 0. The fourth-order valence-corrected chi connectivity index (χ4v) is 2.82. The van der Waals surface area contributed by atoms with Crippen LogP contribution in [0.4, 0.5) is 4.39 Å². The van der Waals surface area contributed by atoms with Gasteiger partial charge in [0.1, 0.15) is 5.82 Å². The second-order valence-corrected chi connectivity index (χ2v) is 5.78. The summed E-state index contributed by atoms with van der Waals surface area (Å²) in [6.45, 7) is 2.53. The highest BCUT2D eigenvalue weighted by molar-refractivity contribution is 5.82. The smallest absolute Gasteiger partial charge is 0.151 e. The molecule has 0 N–H and O–H groups in total. The Hall–Kier alpha value is -1.26. The number of carbonyl (C=O) groups excluding carboxylic acids is 1. The third kappa shape index (κ3) is 4.12. The molecule has 1 atom stereocenters. The Morgan fingerprint density at radius 3 is 2.90 bits per heavy atom. The van der Waals surface area contributed by atoms with Crippen molar-refractivity contribution in [1.82, 2.24) is 9.80 Å². The number of carbonyl (C=O) groups is 1. The van der Waals surface area contributed by atoms with Crippen LogP contribution in [-0.4, -0.2) is 55.4 Å². The van der Waals surface area contributed by atoms with Crippen LogP contribution in [0.5, 0.6) is 0 Å². The molecular weight excluding hydrogens is 255 g/mol. The number of ketones is 1. The van der Waals surface area contributed by atoms with E-state index < -0.39 is 0 Å². The van der Waals surface area contributed by atoms with E-state index in [0.29, 0.717) is 18.2 Å². The number of nitrogens with zero attached hydrogens (tertiary/aromatic N) is 2. The van der Waals surface area contributed by atoms with Gasteiger partial charge in [-0.25, -0.2) is 4.39 Å². The molecule has 0 amide bonds. The van der Waals surface area contributed by atoms with Gasteiger partial charge in [0.15, 0.2) is 5.78 Å². The first-order valence-electron chi connectivity index (χ1n) is 7.20. The molecule has 4 heteroatoms. The Morgan fingerprint density at radius 2 is 2.20 bits per heavy atom. The highest BCUT2D eigenvalue weighted by Gasteiger charge is 2.22. The van der Waals surface area contributed by atoms with Crippen molar-refractivity contribution in [3.8, 4) is 0 Å². The topological polar surface area (TPSA) is 23.6 Å². The Bertz CT molecular complexity index is 464. The first-order chi connectivity index (χ1) is 9.56. The standard InChI is InChI=1S/C16H23FN2O/c1-18-9-5-7-14(11-18)19(2)12-15(20)10-13-6-3-4-8-16(13)17/h3-4,6,8,14H,5,7,9-12H2,1-2H3. The molecule has 110 valence electrons. The molecule has 0 aliphatic carbocycles. The Morgan fingerprint density at radius 1 is 1.45 bits per heavy atom. The first-order valence-corrected chi connectivity index (χ1v) is 7.20. The van der Waals surface area contributed by atoms with E-state index in [4.69, 9.17) is 0 Å². The lowest BCUT2D eigenvalue weighted by Crippen LogP contribution is -2.46. The summed E-state index contributed by atoms with van der Waals surface area (Å²) in [4.78, 5) is 16.5. The van der Waals surface area contributed by atoms with Gasteiger partial charge in [-0.05, 0) is 45.1 Å². The SMILES string of the molecule is CN1CCCC(N(C)CC(=O)Cc2ccccc2F)C1. The van der Waals surface area contributed by atoms with E-state index in [-0.39, 0.29) is 18.0 Å². The van der Waals surface area contributed by atoms with E-state index in [1.54, 1.807) is 18.2 Å². The zero-order valence-electron chi connectivity index (χ0n) is 12.3. The summed E-state index contributed by atoms with van der Waals surface area (Å²) in [6, 6.07) is 6.93. The third-order valence-corrected chi connectivity index (χ3v) is 3.99. The first kappa shape index (κ1) is 15.1. The molecule has 1 aromatic carbocycles. The van der Waals surface area contributed by atoms with Gasteiger partial charge >= 0.3 is 0 Å². The predicted molar refractivity (Wildman–Crippen MR) is 78.3 cm³/mol. The maximum Gasteiger partial charge on any atom is 0.151 e. The minimum atomic E-state index is -0.291. The van der Waals surface area contributed by atoms with Crippen molar-refractivity contribution in [1.29, 1.82) is 0 Å². The van der Waals surface area contributed by atoms with Crippen LogP contribution >= 0.6 is 0 Å². The summed E-state index contributed by atoms with van der Waals surface area (Å²) >= 11 is 0. The molecule has 1 saturated heterocycles. The molecule has 0 spiro atoms. The zero-order chi connectivity index (χ0) is 14.5. The molecule has 0 bridgehead atoms. The van der Waals surface area contributed by atoms with Crippen LogP contribution in [0.3, 0.4) is 0 Å². The minimum absolute atomic E-state index is 0.0748. The van der Waals surface area contributed by atoms with Gasteiger partial charge in [0.05, 0.1) is 6.54 Å². The van der Waals surface area contributed by atoms with Crippen molar-refractivity contribution in [3.05, 3.63) is 35.6 Å². The van der Waals surface area contributed by atoms with E-state index >= 15 is 0 Å². The molecule has 1 aromatic rings. The summed E-state index contributed by atoms with van der Waals surface area (Å²) in [6.07, 6.45) is 2.49. The van der Waals surface area contributed by atoms with Gasteiger partial charge in [0.2, 0.25) is 0 Å². The van der Waals surface area contributed by atoms with Crippen molar-refractivity contribution in [2.24, 2.45) is 0 Å². The number of rotatable bonds is 5. The maximum atomic E-state index is 13.5. The number of benzene rings is 1. The van der Waals surface area contributed by atoms with Crippen LogP contribution in [0.25, 0.3) is 0 Å². The van der Waals surface area contributed by atoms with Crippen LogP contribution in [0.1, 0.15) is 18.4 Å². The van der Waals surface area contributed by atoms with E-state index in [0.717, 1.165) is 19.5 Å². The lowest BCUT2D eigenvalue weighted by atomic mass is 10.0. The monoisotopic (exact) mass is 278 g/mol. The van der Waals surface area contributed by atoms with Crippen molar-refractivity contribution in [3.63, 3.8) is 0 Å². The van der Waals surface area contributed by atoms with Gasteiger partial charge < -0.3 is 4.90 Å². The highest BCUT2D eigenvalue weighted by Crippen LogP contribution is 2.14. The molecule has 1 heterocycles. The Kier molecular flexibility index (Phi) is 5.26. The van der Waals surface area contributed by atoms with Crippen molar-refractivity contribution in [2.45, 2.75) is 25.3 Å². The van der Waals surface area contributed by atoms with E-state index in [2.05, 4.69) is 16.8 Å². The van der Waals surface area contributed by atoms with Gasteiger partial charge in [-0.15, -0.1) is 0 Å². The van der Waals surface area contributed by atoms with Gasteiger partial charge in [-0.1, -0.05) is 18.2 Å². The lowest BCUT2D eigenvalue weighted by molar-refractivity contribution is -0.120. The fraction of sp³-hybridized carbons (Fsp3) is 0.562. The summed E-state index contributed by atoms with van der Waals surface area (Å²) in [5.74, 6) is -0.216. The average Bonchev–Trinajstić information content (AvgIpc) is 2.41. The molecule has 2 rings (SSSR count). The molecule has 0 radical (unpaired) electrons. The largest absolute Gasteiger partial charge is 0.305 e. The van der Waals surface area contributed by atoms with Crippen LogP contribution in [-0.2, 0) is 11.2 Å². The predicted octanol–water partition coefficient (Wildman–Crippen LogP) is 1.96. The number of hydrogen-bond acceptors (Lipinski definition) is 3. The van der Waals surface area contributed by atoms with Gasteiger partial charge in [-0.3, -0.25) is 9.69 Å². The molecule has 3 nitrogen and oxygen atoms in total. The zero-order valence-corrected chi connectivity index (χ0v) is 12.3. The summed E-state index contributed by atoms with van der Waals surface area (Å²) in [7, 11) is 4.10. The number of hydrogen-bond donors (Lipinski definition) is 0. The van der Waals surface area contributed by atoms with Crippen LogP contribution in [0.2, 0.25) is 0 Å². The van der Waals surface area contributed by atoms with E-state index in [1.807, 2.05) is 7.05 Å². The molecule has 0 aromatic heterocycles. The molecular formula is C16H23FN2O. The fourth-order valence-electron chi connectivity index (χ4n) is 2.82. The molecule has 20 heavy (non-hydrogen) atoms.